The molecule has 5 heteroatoms. The minimum atomic E-state index is 0.318. The topological polar surface area (TPSA) is 29.9 Å². The van der Waals surface area contributed by atoms with Crippen LogP contribution in [0.2, 0.25) is 10.0 Å². The van der Waals surface area contributed by atoms with Crippen LogP contribution in [0.3, 0.4) is 0 Å². The fraction of sp³-hybridized carbons (Fsp3) is 0.250. The summed E-state index contributed by atoms with van der Waals surface area (Å²) in [5, 5.41) is 4.35. The van der Waals surface area contributed by atoms with E-state index in [4.69, 9.17) is 23.2 Å². The van der Waals surface area contributed by atoms with Gasteiger partial charge >= 0.3 is 0 Å². The molecule has 1 heterocycles. The van der Waals surface area contributed by atoms with Crippen LogP contribution in [-0.4, -0.2) is 15.6 Å². The Balaban J connectivity index is 2.39. The standard InChI is InChI=1S/C12H13Cl2N3/c1-8(2)16-12-15-5-6-17(12)9-3-4-10(13)11(14)7-9/h3-8H,1-2H3,(H,15,16). The molecule has 3 nitrogen and oxygen atoms in total. The van der Waals surface area contributed by atoms with E-state index in [1.54, 1.807) is 12.3 Å². The van der Waals surface area contributed by atoms with Gasteiger partial charge in [0.05, 0.1) is 15.7 Å². The molecule has 0 atom stereocenters. The smallest absolute Gasteiger partial charge is 0.207 e. The van der Waals surface area contributed by atoms with Gasteiger partial charge in [-0.2, -0.15) is 0 Å². The number of hydrogen-bond donors (Lipinski definition) is 1. The summed E-state index contributed by atoms with van der Waals surface area (Å²) >= 11 is 11.9. The average molecular weight is 270 g/mol. The molecule has 0 amide bonds. The number of nitrogens with zero attached hydrogens (tertiary/aromatic N) is 2. The first-order valence-corrected chi connectivity index (χ1v) is 6.09. The monoisotopic (exact) mass is 269 g/mol. The Labute approximate surface area is 110 Å². The van der Waals surface area contributed by atoms with Crippen LogP contribution in [0, 0.1) is 0 Å². The van der Waals surface area contributed by atoms with Gasteiger partial charge in [0.1, 0.15) is 0 Å². The van der Waals surface area contributed by atoms with E-state index in [0.29, 0.717) is 16.1 Å². The molecule has 2 rings (SSSR count). The summed E-state index contributed by atoms with van der Waals surface area (Å²) in [6.45, 7) is 4.13. The first-order chi connectivity index (χ1) is 8.08. The van der Waals surface area contributed by atoms with Crippen molar-refractivity contribution in [2.45, 2.75) is 19.9 Å². The maximum absolute atomic E-state index is 6.00. The van der Waals surface area contributed by atoms with Crippen molar-refractivity contribution in [3.05, 3.63) is 40.6 Å². The Morgan fingerprint density at radius 1 is 1.24 bits per heavy atom. The van der Waals surface area contributed by atoms with Gasteiger partial charge in [-0.3, -0.25) is 4.57 Å². The van der Waals surface area contributed by atoms with Crippen molar-refractivity contribution in [1.29, 1.82) is 0 Å². The second-order valence-electron chi connectivity index (χ2n) is 4.02. The molecule has 2 aromatic rings. The quantitative estimate of drug-likeness (QED) is 0.913. The zero-order valence-electron chi connectivity index (χ0n) is 9.61. The summed E-state index contributed by atoms with van der Waals surface area (Å²) < 4.78 is 1.93. The van der Waals surface area contributed by atoms with Gasteiger partial charge in [0.25, 0.3) is 0 Å². The summed E-state index contributed by atoms with van der Waals surface area (Å²) in [7, 11) is 0. The SMILES string of the molecule is CC(C)Nc1nccn1-c1ccc(Cl)c(Cl)c1. The summed E-state index contributed by atoms with van der Waals surface area (Å²) in [4.78, 5) is 4.26. The number of halogens is 2. The highest BCUT2D eigenvalue weighted by Crippen LogP contribution is 2.25. The van der Waals surface area contributed by atoms with E-state index in [1.165, 1.54) is 0 Å². The molecular weight excluding hydrogens is 257 g/mol. The third-order valence-electron chi connectivity index (χ3n) is 2.24. The molecule has 0 aliphatic heterocycles. The van der Waals surface area contributed by atoms with Crippen LogP contribution in [0.1, 0.15) is 13.8 Å². The largest absolute Gasteiger partial charge is 0.353 e. The Hall–Kier alpha value is -1.19. The van der Waals surface area contributed by atoms with Crippen LogP contribution >= 0.6 is 23.2 Å². The lowest BCUT2D eigenvalue weighted by Crippen LogP contribution is -2.13. The molecule has 1 N–H and O–H groups in total. The summed E-state index contributed by atoms with van der Waals surface area (Å²) in [6.07, 6.45) is 3.62. The molecular formula is C12H13Cl2N3. The predicted octanol–water partition coefficient (Wildman–Crippen LogP) is 4.00. The highest BCUT2D eigenvalue weighted by Gasteiger charge is 2.07. The van der Waals surface area contributed by atoms with Crippen LogP contribution in [0.15, 0.2) is 30.6 Å². The number of benzene rings is 1. The number of hydrogen-bond acceptors (Lipinski definition) is 2. The lowest BCUT2D eigenvalue weighted by Gasteiger charge is -2.12. The van der Waals surface area contributed by atoms with Crippen molar-refractivity contribution in [2.75, 3.05) is 5.32 Å². The molecule has 0 spiro atoms. The number of anilines is 1. The van der Waals surface area contributed by atoms with Gasteiger partial charge in [-0.25, -0.2) is 4.98 Å². The van der Waals surface area contributed by atoms with Crippen LogP contribution in [0.5, 0.6) is 0 Å². The molecule has 1 aromatic carbocycles. The fourth-order valence-electron chi connectivity index (χ4n) is 1.51. The van der Waals surface area contributed by atoms with Crippen molar-refractivity contribution in [3.8, 4) is 5.69 Å². The third kappa shape index (κ3) is 2.73. The number of nitrogens with one attached hydrogen (secondary N) is 1. The van der Waals surface area contributed by atoms with Gasteiger partial charge in [-0.1, -0.05) is 23.2 Å². The van der Waals surface area contributed by atoms with E-state index in [9.17, 15) is 0 Å². The lowest BCUT2D eigenvalue weighted by molar-refractivity contribution is 0.864. The maximum atomic E-state index is 6.00. The summed E-state index contributed by atoms with van der Waals surface area (Å²) in [6, 6.07) is 5.82. The average Bonchev–Trinajstić information content (AvgIpc) is 2.69. The van der Waals surface area contributed by atoms with Crippen LogP contribution < -0.4 is 5.32 Å². The lowest BCUT2D eigenvalue weighted by atomic mass is 10.3. The minimum absolute atomic E-state index is 0.318. The normalized spacial score (nSPS) is 10.9. The van der Waals surface area contributed by atoms with E-state index in [2.05, 4.69) is 24.1 Å². The van der Waals surface area contributed by atoms with Crippen molar-refractivity contribution >= 4 is 29.2 Å². The highest BCUT2D eigenvalue weighted by atomic mass is 35.5. The van der Waals surface area contributed by atoms with E-state index in [-0.39, 0.29) is 0 Å². The van der Waals surface area contributed by atoms with Crippen LogP contribution in [0.25, 0.3) is 5.69 Å². The molecule has 1 aromatic heterocycles. The molecule has 0 saturated carbocycles. The molecule has 0 aliphatic rings. The Morgan fingerprint density at radius 2 is 2.00 bits per heavy atom. The van der Waals surface area contributed by atoms with E-state index < -0.39 is 0 Å². The second kappa shape index (κ2) is 4.98. The molecule has 90 valence electrons. The molecule has 0 radical (unpaired) electrons. The summed E-state index contributed by atoms with van der Waals surface area (Å²) in [5.41, 5.74) is 0.931. The van der Waals surface area contributed by atoms with Gasteiger partial charge in [0, 0.05) is 18.4 Å². The van der Waals surface area contributed by atoms with Crippen LogP contribution in [0.4, 0.5) is 5.95 Å². The minimum Gasteiger partial charge on any atom is -0.353 e. The molecule has 0 bridgehead atoms. The first kappa shape index (κ1) is 12.3. The molecule has 0 fully saturated rings. The molecule has 0 saturated heterocycles. The number of rotatable bonds is 3. The zero-order chi connectivity index (χ0) is 12.4. The Morgan fingerprint density at radius 3 is 2.65 bits per heavy atom. The van der Waals surface area contributed by atoms with Crippen molar-refractivity contribution in [1.82, 2.24) is 9.55 Å². The van der Waals surface area contributed by atoms with E-state index >= 15 is 0 Å². The van der Waals surface area contributed by atoms with Gasteiger partial charge < -0.3 is 5.32 Å². The van der Waals surface area contributed by atoms with Crippen molar-refractivity contribution < 1.29 is 0 Å². The predicted molar refractivity (Wildman–Crippen MR) is 72.3 cm³/mol. The first-order valence-electron chi connectivity index (χ1n) is 5.33. The van der Waals surface area contributed by atoms with Gasteiger partial charge in [0.2, 0.25) is 5.95 Å². The van der Waals surface area contributed by atoms with Gasteiger partial charge in [0.15, 0.2) is 0 Å². The third-order valence-corrected chi connectivity index (χ3v) is 2.98. The fourth-order valence-corrected chi connectivity index (χ4v) is 1.80. The van der Waals surface area contributed by atoms with E-state index in [1.807, 2.05) is 22.9 Å². The van der Waals surface area contributed by atoms with E-state index in [0.717, 1.165) is 11.6 Å². The molecule has 17 heavy (non-hydrogen) atoms. The second-order valence-corrected chi connectivity index (χ2v) is 4.83. The Bertz CT molecular complexity index is 520. The van der Waals surface area contributed by atoms with Crippen molar-refractivity contribution in [2.24, 2.45) is 0 Å². The number of imidazole rings is 1. The van der Waals surface area contributed by atoms with Gasteiger partial charge in [-0.05, 0) is 32.0 Å². The van der Waals surface area contributed by atoms with Crippen LogP contribution in [-0.2, 0) is 0 Å². The number of aromatic nitrogens is 2. The Kier molecular flexibility index (Phi) is 3.60. The maximum Gasteiger partial charge on any atom is 0.207 e. The highest BCUT2D eigenvalue weighted by molar-refractivity contribution is 6.42. The summed E-state index contributed by atoms with van der Waals surface area (Å²) in [5.74, 6) is 0.790. The van der Waals surface area contributed by atoms with Gasteiger partial charge in [-0.15, -0.1) is 0 Å². The molecule has 0 aliphatic carbocycles. The zero-order valence-corrected chi connectivity index (χ0v) is 11.1. The molecule has 0 unspecified atom stereocenters. The van der Waals surface area contributed by atoms with Crippen molar-refractivity contribution in [3.63, 3.8) is 0 Å².